The van der Waals surface area contributed by atoms with Gasteiger partial charge in [0.05, 0.1) is 5.38 Å². The van der Waals surface area contributed by atoms with Gasteiger partial charge in [-0.15, -0.1) is 23.4 Å². The van der Waals surface area contributed by atoms with E-state index in [-0.39, 0.29) is 0 Å². The van der Waals surface area contributed by atoms with E-state index >= 15 is 0 Å². The highest BCUT2D eigenvalue weighted by Gasteiger charge is 2.58. The predicted octanol–water partition coefficient (Wildman–Crippen LogP) is 3.65. The molecule has 6 heteroatoms. The molecule has 0 aliphatic carbocycles. The Morgan fingerprint density at radius 3 is 1.80 bits per heavy atom. The normalized spacial score (nSPS) is 36.3. The molecule has 1 rings (SSSR count). The van der Waals surface area contributed by atoms with E-state index in [0.717, 1.165) is 0 Å². The van der Waals surface area contributed by atoms with Crippen molar-refractivity contribution in [2.75, 3.05) is 5.75 Å². The molecule has 60 valence electrons. The SMILES string of the molecule is ClC1CSC(Cl)(Cl)C1(Cl)Cl. The quantitative estimate of drug-likeness (QED) is 0.599. The Bertz CT molecular complexity index is 145. The van der Waals surface area contributed by atoms with Crippen molar-refractivity contribution in [3.8, 4) is 0 Å². The number of rotatable bonds is 0. The Kier molecular flexibility index (Phi) is 2.90. The molecule has 10 heavy (non-hydrogen) atoms. The van der Waals surface area contributed by atoms with Crippen LogP contribution in [0.25, 0.3) is 0 Å². The fourth-order valence-corrected chi connectivity index (χ4v) is 3.34. The molecule has 1 heterocycles. The fraction of sp³-hybridized carbons (Fsp3) is 1.00. The molecule has 0 N–H and O–H groups in total. The molecule has 0 radical (unpaired) electrons. The van der Waals surface area contributed by atoms with Crippen molar-refractivity contribution in [2.45, 2.75) is 13.4 Å². The summed E-state index contributed by atoms with van der Waals surface area (Å²) in [5, 5.41) is -0.393. The van der Waals surface area contributed by atoms with Gasteiger partial charge in [0.1, 0.15) is 0 Å². The van der Waals surface area contributed by atoms with Crippen LogP contribution in [0.15, 0.2) is 0 Å². The number of hydrogen-bond donors (Lipinski definition) is 0. The Hall–Kier alpha value is 1.80. The zero-order valence-electron chi connectivity index (χ0n) is 4.58. The molecule has 0 spiro atoms. The van der Waals surface area contributed by atoms with E-state index in [0.29, 0.717) is 5.75 Å². The van der Waals surface area contributed by atoms with Gasteiger partial charge in [-0.3, -0.25) is 0 Å². The Labute approximate surface area is 88.5 Å². The third-order valence-electron chi connectivity index (χ3n) is 1.19. The first-order valence-corrected chi connectivity index (χ1v) is 5.35. The third-order valence-corrected chi connectivity index (χ3v) is 6.22. The van der Waals surface area contributed by atoms with Crippen molar-refractivity contribution in [3.05, 3.63) is 0 Å². The van der Waals surface area contributed by atoms with Crippen molar-refractivity contribution >= 4 is 69.8 Å². The molecule has 1 aliphatic rings. The summed E-state index contributed by atoms with van der Waals surface area (Å²) in [6.07, 6.45) is 0. The lowest BCUT2D eigenvalue weighted by Crippen LogP contribution is -2.34. The molecular formula is C4H3Cl5S. The van der Waals surface area contributed by atoms with Crippen molar-refractivity contribution in [2.24, 2.45) is 0 Å². The topological polar surface area (TPSA) is 0 Å². The summed E-state index contributed by atoms with van der Waals surface area (Å²) in [7, 11) is 0. The van der Waals surface area contributed by atoms with Gasteiger partial charge in [0, 0.05) is 5.75 Å². The molecule has 0 aromatic carbocycles. The number of thioether (sulfide) groups is 1. The molecule has 1 fully saturated rings. The van der Waals surface area contributed by atoms with Gasteiger partial charge in [-0.05, 0) is 0 Å². The van der Waals surface area contributed by atoms with Crippen molar-refractivity contribution < 1.29 is 0 Å². The molecule has 1 atom stereocenters. The molecule has 0 saturated carbocycles. The van der Waals surface area contributed by atoms with Gasteiger partial charge >= 0.3 is 0 Å². The highest BCUT2D eigenvalue weighted by atomic mass is 35.5. The molecule has 0 bridgehead atoms. The summed E-state index contributed by atoms with van der Waals surface area (Å²) in [4.78, 5) is 0. The van der Waals surface area contributed by atoms with Crippen molar-refractivity contribution in [3.63, 3.8) is 0 Å². The lowest BCUT2D eigenvalue weighted by molar-refractivity contribution is 0.824. The van der Waals surface area contributed by atoms with E-state index in [2.05, 4.69) is 0 Å². The van der Waals surface area contributed by atoms with E-state index < -0.39 is 13.4 Å². The maximum absolute atomic E-state index is 5.76. The highest BCUT2D eigenvalue weighted by Crippen LogP contribution is 2.59. The van der Waals surface area contributed by atoms with E-state index in [9.17, 15) is 0 Å². The number of halogens is 5. The van der Waals surface area contributed by atoms with Gasteiger partial charge in [-0.25, -0.2) is 0 Å². The Morgan fingerprint density at radius 1 is 1.20 bits per heavy atom. The average molecular weight is 260 g/mol. The smallest absolute Gasteiger partial charge is 0.119 e. The molecule has 0 amide bonds. The summed E-state index contributed by atoms with van der Waals surface area (Å²) >= 11 is 30.0. The summed E-state index contributed by atoms with van der Waals surface area (Å²) < 4.78 is -2.43. The van der Waals surface area contributed by atoms with E-state index in [1.54, 1.807) is 0 Å². The molecule has 1 saturated heterocycles. The minimum absolute atomic E-state index is 0.393. The second-order valence-corrected chi connectivity index (χ2v) is 6.84. The number of alkyl halides is 5. The second kappa shape index (κ2) is 2.93. The standard InChI is InChI=1S/C4H3Cl5S/c5-2-1-10-4(8,9)3(2,6)7/h2H,1H2. The van der Waals surface area contributed by atoms with Gasteiger partial charge in [0.15, 0.2) is 8.00 Å². The highest BCUT2D eigenvalue weighted by molar-refractivity contribution is 8.04. The minimum Gasteiger partial charge on any atom is -0.119 e. The Balaban J connectivity index is 2.84. The van der Waals surface area contributed by atoms with Gasteiger partial charge in [0.2, 0.25) is 0 Å². The zero-order valence-corrected chi connectivity index (χ0v) is 9.18. The van der Waals surface area contributed by atoms with Crippen LogP contribution in [0.3, 0.4) is 0 Å². The third kappa shape index (κ3) is 1.46. The first kappa shape index (κ1) is 9.88. The second-order valence-electron chi connectivity index (χ2n) is 1.92. The molecule has 1 aliphatic heterocycles. The van der Waals surface area contributed by atoms with Crippen LogP contribution in [-0.4, -0.2) is 19.1 Å². The predicted molar refractivity (Wildman–Crippen MR) is 51.0 cm³/mol. The lowest BCUT2D eigenvalue weighted by Gasteiger charge is -2.25. The number of hydrogen-bond acceptors (Lipinski definition) is 1. The van der Waals surface area contributed by atoms with Crippen LogP contribution in [0, 0.1) is 0 Å². The van der Waals surface area contributed by atoms with Crippen LogP contribution >= 0.6 is 69.8 Å². The fourth-order valence-electron chi connectivity index (χ4n) is 0.561. The summed E-state index contributed by atoms with van der Waals surface area (Å²) in [6, 6.07) is 0. The molecule has 0 aromatic heterocycles. The van der Waals surface area contributed by atoms with Crippen LogP contribution in [0.2, 0.25) is 0 Å². The molecule has 1 unspecified atom stereocenters. The molecular weight excluding hydrogens is 257 g/mol. The van der Waals surface area contributed by atoms with Crippen LogP contribution < -0.4 is 0 Å². The largest absolute Gasteiger partial charge is 0.197 e. The van der Waals surface area contributed by atoms with E-state index in [1.165, 1.54) is 11.8 Å². The monoisotopic (exact) mass is 258 g/mol. The van der Waals surface area contributed by atoms with Crippen LogP contribution in [0.4, 0.5) is 0 Å². The van der Waals surface area contributed by atoms with E-state index in [1.807, 2.05) is 0 Å². The maximum atomic E-state index is 5.76. The lowest BCUT2D eigenvalue weighted by atomic mass is 10.3. The van der Waals surface area contributed by atoms with Crippen LogP contribution in [0.1, 0.15) is 0 Å². The van der Waals surface area contributed by atoms with Gasteiger partial charge in [0.25, 0.3) is 0 Å². The van der Waals surface area contributed by atoms with Crippen molar-refractivity contribution in [1.82, 2.24) is 0 Å². The molecule has 0 aromatic rings. The molecule has 0 nitrogen and oxygen atoms in total. The summed E-state index contributed by atoms with van der Waals surface area (Å²) in [5.74, 6) is 0.571. The van der Waals surface area contributed by atoms with Gasteiger partial charge in [-0.1, -0.05) is 46.4 Å². The van der Waals surface area contributed by atoms with Crippen molar-refractivity contribution in [1.29, 1.82) is 0 Å². The van der Waals surface area contributed by atoms with Crippen LogP contribution in [-0.2, 0) is 0 Å². The maximum Gasteiger partial charge on any atom is 0.197 e. The van der Waals surface area contributed by atoms with Gasteiger partial charge < -0.3 is 0 Å². The average Bonchev–Trinajstić information content (AvgIpc) is 1.94. The van der Waals surface area contributed by atoms with Gasteiger partial charge in [-0.2, -0.15) is 0 Å². The zero-order chi connectivity index (χ0) is 7.99. The van der Waals surface area contributed by atoms with Crippen LogP contribution in [0.5, 0.6) is 0 Å². The minimum atomic E-state index is -1.25. The summed E-state index contributed by atoms with van der Waals surface area (Å²) in [5.41, 5.74) is 0. The Morgan fingerprint density at radius 2 is 1.70 bits per heavy atom. The van der Waals surface area contributed by atoms with E-state index in [4.69, 9.17) is 58.0 Å². The summed E-state index contributed by atoms with van der Waals surface area (Å²) in [6.45, 7) is 0. The first-order valence-electron chi connectivity index (χ1n) is 2.41. The first-order chi connectivity index (χ1) is 4.38.